The number of aryl methyl sites for hydroxylation is 1. The minimum absolute atomic E-state index is 0.149. The van der Waals surface area contributed by atoms with E-state index in [9.17, 15) is 4.79 Å². The molecule has 96 valence electrons. The molecule has 3 heteroatoms. The molecule has 0 saturated carbocycles. The van der Waals surface area contributed by atoms with Gasteiger partial charge in [0.15, 0.2) is 0 Å². The minimum atomic E-state index is 0.149. The molecule has 1 spiro atoms. The third-order valence-electron chi connectivity index (χ3n) is 4.44. The van der Waals surface area contributed by atoms with Crippen LogP contribution in [-0.2, 0) is 16.6 Å². The van der Waals surface area contributed by atoms with Gasteiger partial charge in [0.1, 0.15) is 5.75 Å². The molecule has 0 radical (unpaired) electrons. The van der Waals surface area contributed by atoms with E-state index in [1.54, 1.807) is 7.11 Å². The number of hydrogen-bond acceptors (Lipinski definition) is 2. The van der Waals surface area contributed by atoms with Gasteiger partial charge in [-0.3, -0.25) is 4.79 Å². The van der Waals surface area contributed by atoms with E-state index in [0.717, 1.165) is 25.1 Å². The molecule has 1 aliphatic carbocycles. The lowest BCUT2D eigenvalue weighted by atomic mass is 9.66. The fourth-order valence-corrected chi connectivity index (χ4v) is 3.39. The maximum atomic E-state index is 11.4. The predicted octanol–water partition coefficient (Wildman–Crippen LogP) is 2.18. The zero-order valence-corrected chi connectivity index (χ0v) is 10.8. The quantitative estimate of drug-likeness (QED) is 0.823. The summed E-state index contributed by atoms with van der Waals surface area (Å²) in [6.07, 6.45) is 5.16. The fraction of sp³-hybridized carbons (Fsp3) is 0.533. The summed E-state index contributed by atoms with van der Waals surface area (Å²) in [7, 11) is 1.71. The van der Waals surface area contributed by atoms with E-state index in [2.05, 4.69) is 17.4 Å². The predicted molar refractivity (Wildman–Crippen MR) is 69.9 cm³/mol. The number of methoxy groups -OCH3 is 1. The molecule has 1 aromatic carbocycles. The molecule has 1 N–H and O–H groups in total. The molecule has 1 aliphatic heterocycles. The van der Waals surface area contributed by atoms with Crippen molar-refractivity contribution in [1.29, 1.82) is 0 Å². The van der Waals surface area contributed by atoms with Gasteiger partial charge in [-0.05, 0) is 48.9 Å². The SMILES string of the molecule is COc1ccc2c(c1)C1(CCC2)CCC(=O)NC1. The van der Waals surface area contributed by atoms with E-state index in [1.165, 1.54) is 24.0 Å². The lowest BCUT2D eigenvalue weighted by Crippen LogP contribution is -2.47. The van der Waals surface area contributed by atoms with Gasteiger partial charge in [-0.15, -0.1) is 0 Å². The first-order valence-electron chi connectivity index (χ1n) is 6.68. The summed E-state index contributed by atoms with van der Waals surface area (Å²) in [6, 6.07) is 6.40. The van der Waals surface area contributed by atoms with Crippen LogP contribution in [-0.4, -0.2) is 19.6 Å². The second kappa shape index (κ2) is 4.30. The molecule has 0 aromatic heterocycles. The molecule has 1 aromatic rings. The standard InChI is InChI=1S/C15H19NO2/c1-18-12-5-4-11-3-2-7-15(13(11)9-12)8-6-14(17)16-10-15/h4-5,9H,2-3,6-8,10H2,1H3,(H,16,17). The maximum Gasteiger partial charge on any atom is 0.220 e. The molecular weight excluding hydrogens is 226 g/mol. The van der Waals surface area contributed by atoms with E-state index in [1.807, 2.05) is 6.07 Å². The Balaban J connectivity index is 2.02. The Labute approximate surface area is 108 Å². The van der Waals surface area contributed by atoms with E-state index in [4.69, 9.17) is 4.74 Å². The highest BCUT2D eigenvalue weighted by molar-refractivity contribution is 5.77. The summed E-state index contributed by atoms with van der Waals surface area (Å²) in [4.78, 5) is 11.4. The monoisotopic (exact) mass is 245 g/mol. The number of amides is 1. The van der Waals surface area contributed by atoms with Gasteiger partial charge in [-0.1, -0.05) is 6.07 Å². The van der Waals surface area contributed by atoms with Crippen molar-refractivity contribution in [3.8, 4) is 5.75 Å². The van der Waals surface area contributed by atoms with Crippen LogP contribution in [0.1, 0.15) is 36.8 Å². The summed E-state index contributed by atoms with van der Waals surface area (Å²) in [6.45, 7) is 0.784. The van der Waals surface area contributed by atoms with Crippen molar-refractivity contribution in [3.05, 3.63) is 29.3 Å². The zero-order valence-electron chi connectivity index (χ0n) is 10.8. The molecule has 3 nitrogen and oxygen atoms in total. The van der Waals surface area contributed by atoms with Crippen LogP contribution in [0.5, 0.6) is 5.75 Å². The topological polar surface area (TPSA) is 38.3 Å². The molecular formula is C15H19NO2. The third kappa shape index (κ3) is 1.78. The van der Waals surface area contributed by atoms with Crippen LogP contribution >= 0.6 is 0 Å². The average Bonchev–Trinajstić information content (AvgIpc) is 2.42. The molecule has 1 atom stereocenters. The summed E-state index contributed by atoms with van der Waals surface area (Å²) in [5, 5.41) is 3.04. The Kier molecular flexibility index (Phi) is 2.77. The maximum absolute atomic E-state index is 11.4. The van der Waals surface area contributed by atoms with Crippen molar-refractivity contribution < 1.29 is 9.53 Å². The van der Waals surface area contributed by atoms with Crippen LogP contribution < -0.4 is 10.1 Å². The Morgan fingerprint density at radius 3 is 2.89 bits per heavy atom. The molecule has 3 rings (SSSR count). The van der Waals surface area contributed by atoms with Crippen LogP contribution in [0.25, 0.3) is 0 Å². The van der Waals surface area contributed by atoms with Crippen molar-refractivity contribution in [2.75, 3.05) is 13.7 Å². The smallest absolute Gasteiger partial charge is 0.220 e. The number of hydrogen-bond donors (Lipinski definition) is 1. The lowest BCUT2D eigenvalue weighted by Gasteiger charge is -2.42. The molecule has 1 saturated heterocycles. The molecule has 1 fully saturated rings. The van der Waals surface area contributed by atoms with Gasteiger partial charge in [-0.25, -0.2) is 0 Å². The number of carbonyl (C=O) groups excluding carboxylic acids is 1. The second-order valence-corrected chi connectivity index (χ2v) is 5.43. The van der Waals surface area contributed by atoms with Crippen LogP contribution in [0, 0.1) is 0 Å². The number of nitrogens with one attached hydrogen (secondary N) is 1. The summed E-state index contributed by atoms with van der Waals surface area (Å²) < 4.78 is 5.35. The molecule has 0 bridgehead atoms. The average molecular weight is 245 g/mol. The van der Waals surface area contributed by atoms with Crippen LogP contribution in [0.4, 0.5) is 0 Å². The largest absolute Gasteiger partial charge is 0.497 e. The number of ether oxygens (including phenoxy) is 1. The second-order valence-electron chi connectivity index (χ2n) is 5.43. The van der Waals surface area contributed by atoms with Gasteiger partial charge in [0.2, 0.25) is 5.91 Å². The van der Waals surface area contributed by atoms with Gasteiger partial charge in [-0.2, -0.15) is 0 Å². The summed E-state index contributed by atoms with van der Waals surface area (Å²) >= 11 is 0. The van der Waals surface area contributed by atoms with Gasteiger partial charge in [0, 0.05) is 18.4 Å². The Hall–Kier alpha value is -1.51. The van der Waals surface area contributed by atoms with Crippen LogP contribution in [0.3, 0.4) is 0 Å². The van der Waals surface area contributed by atoms with E-state index < -0.39 is 0 Å². The highest BCUT2D eigenvalue weighted by Crippen LogP contribution is 2.43. The fourth-order valence-electron chi connectivity index (χ4n) is 3.39. The molecule has 18 heavy (non-hydrogen) atoms. The Morgan fingerprint density at radius 2 is 2.17 bits per heavy atom. The Bertz CT molecular complexity index is 471. The van der Waals surface area contributed by atoms with Gasteiger partial charge >= 0.3 is 0 Å². The van der Waals surface area contributed by atoms with Crippen molar-refractivity contribution in [2.45, 2.75) is 37.5 Å². The van der Waals surface area contributed by atoms with E-state index in [-0.39, 0.29) is 11.3 Å². The first-order valence-corrected chi connectivity index (χ1v) is 6.68. The van der Waals surface area contributed by atoms with E-state index >= 15 is 0 Å². The van der Waals surface area contributed by atoms with Crippen molar-refractivity contribution in [3.63, 3.8) is 0 Å². The number of carbonyl (C=O) groups is 1. The number of fused-ring (bicyclic) bond motifs is 2. The highest BCUT2D eigenvalue weighted by atomic mass is 16.5. The first-order chi connectivity index (χ1) is 8.73. The van der Waals surface area contributed by atoms with Gasteiger partial charge in [0.05, 0.1) is 7.11 Å². The normalized spacial score (nSPS) is 26.6. The minimum Gasteiger partial charge on any atom is -0.497 e. The molecule has 1 amide bonds. The third-order valence-corrected chi connectivity index (χ3v) is 4.44. The van der Waals surface area contributed by atoms with Crippen molar-refractivity contribution in [2.24, 2.45) is 0 Å². The van der Waals surface area contributed by atoms with E-state index in [0.29, 0.717) is 6.42 Å². The summed E-state index contributed by atoms with van der Waals surface area (Å²) in [5.41, 5.74) is 2.97. The van der Waals surface area contributed by atoms with Crippen LogP contribution in [0.15, 0.2) is 18.2 Å². The van der Waals surface area contributed by atoms with Crippen LogP contribution in [0.2, 0.25) is 0 Å². The number of rotatable bonds is 1. The molecule has 1 unspecified atom stereocenters. The van der Waals surface area contributed by atoms with Gasteiger partial charge < -0.3 is 10.1 Å². The van der Waals surface area contributed by atoms with Crippen molar-refractivity contribution in [1.82, 2.24) is 5.32 Å². The van der Waals surface area contributed by atoms with Crippen molar-refractivity contribution >= 4 is 5.91 Å². The first kappa shape index (κ1) is 11.6. The number of benzene rings is 1. The molecule has 2 aliphatic rings. The number of piperidine rings is 1. The van der Waals surface area contributed by atoms with Gasteiger partial charge in [0.25, 0.3) is 0 Å². The Morgan fingerprint density at radius 1 is 1.28 bits per heavy atom. The summed E-state index contributed by atoms with van der Waals surface area (Å²) in [5.74, 6) is 1.11. The molecule has 1 heterocycles. The highest BCUT2D eigenvalue weighted by Gasteiger charge is 2.39. The zero-order chi connectivity index (χ0) is 12.6. The lowest BCUT2D eigenvalue weighted by molar-refractivity contribution is -0.123.